The Kier molecular flexibility index (Phi) is 3.23. The standard InChI is InChI=1S/C23H19NO5/c25-19-15-6-2-1-5-14(15)13-22(19)18-16-7-3-4-8-17(16)29-21(27)23(18,22)20(26)24-9-11-28-12-10-24/h1-8,18H,9-13H2/t18-,22+,23-/m0/s1. The SMILES string of the molecule is O=C1Oc2ccccc2[C@@H]2[C@@]1(C(=O)N1CCOCC1)[C@]21Cc2ccccc2C1=O. The third-order valence-corrected chi connectivity index (χ3v) is 7.07. The first-order chi connectivity index (χ1) is 14.1. The zero-order valence-electron chi connectivity index (χ0n) is 15.7. The van der Waals surface area contributed by atoms with E-state index in [-0.39, 0.29) is 11.7 Å². The van der Waals surface area contributed by atoms with Crippen molar-refractivity contribution < 1.29 is 23.9 Å². The number of hydrogen-bond donors (Lipinski definition) is 0. The van der Waals surface area contributed by atoms with Crippen LogP contribution in [0, 0.1) is 10.8 Å². The van der Waals surface area contributed by atoms with Gasteiger partial charge >= 0.3 is 5.97 Å². The molecule has 2 aromatic carbocycles. The predicted octanol–water partition coefficient (Wildman–Crippen LogP) is 1.97. The summed E-state index contributed by atoms with van der Waals surface area (Å²) in [5, 5.41) is 0. The van der Waals surface area contributed by atoms with Crippen LogP contribution in [0.25, 0.3) is 0 Å². The molecule has 2 aromatic rings. The van der Waals surface area contributed by atoms with Crippen molar-refractivity contribution >= 4 is 17.7 Å². The fraction of sp³-hybridized carbons (Fsp3) is 0.348. The summed E-state index contributed by atoms with van der Waals surface area (Å²) in [4.78, 5) is 42.6. The molecule has 1 saturated carbocycles. The molecule has 3 atom stereocenters. The highest BCUT2D eigenvalue weighted by molar-refractivity contribution is 6.23. The van der Waals surface area contributed by atoms with Gasteiger partial charge in [0.2, 0.25) is 5.91 Å². The molecule has 1 spiro atoms. The first-order valence-electron chi connectivity index (χ1n) is 9.93. The number of ether oxygens (including phenoxy) is 2. The number of rotatable bonds is 1. The van der Waals surface area contributed by atoms with Crippen LogP contribution in [0.2, 0.25) is 0 Å². The lowest BCUT2D eigenvalue weighted by Crippen LogP contribution is -2.51. The van der Waals surface area contributed by atoms with Gasteiger partial charge in [-0.25, -0.2) is 0 Å². The van der Waals surface area contributed by atoms with E-state index in [0.29, 0.717) is 44.0 Å². The highest BCUT2D eigenvalue weighted by atomic mass is 16.5. The summed E-state index contributed by atoms with van der Waals surface area (Å²) in [5.74, 6) is -1.06. The molecule has 6 heteroatoms. The number of amides is 1. The van der Waals surface area contributed by atoms with E-state index in [4.69, 9.17) is 9.47 Å². The van der Waals surface area contributed by atoms with Crippen LogP contribution in [0.5, 0.6) is 5.75 Å². The van der Waals surface area contributed by atoms with Crippen LogP contribution in [0.1, 0.15) is 27.4 Å². The lowest BCUT2D eigenvalue weighted by molar-refractivity contribution is -0.156. The van der Waals surface area contributed by atoms with Crippen molar-refractivity contribution in [2.45, 2.75) is 12.3 Å². The van der Waals surface area contributed by atoms with Crippen LogP contribution >= 0.6 is 0 Å². The van der Waals surface area contributed by atoms with Gasteiger partial charge in [0.05, 0.1) is 18.6 Å². The molecule has 146 valence electrons. The van der Waals surface area contributed by atoms with E-state index in [0.717, 1.165) is 11.1 Å². The van der Waals surface area contributed by atoms with Crippen molar-refractivity contribution in [3.8, 4) is 5.75 Å². The average molecular weight is 389 g/mol. The van der Waals surface area contributed by atoms with Crippen LogP contribution in [-0.4, -0.2) is 48.9 Å². The minimum absolute atomic E-state index is 0.117. The lowest BCUT2D eigenvalue weighted by Gasteiger charge is -2.32. The Bertz CT molecular complexity index is 1090. The number of morpholine rings is 1. The van der Waals surface area contributed by atoms with Crippen LogP contribution in [0.3, 0.4) is 0 Å². The second-order valence-electron chi connectivity index (χ2n) is 8.21. The monoisotopic (exact) mass is 389 g/mol. The van der Waals surface area contributed by atoms with E-state index < -0.39 is 22.7 Å². The van der Waals surface area contributed by atoms with Gasteiger partial charge in [-0.15, -0.1) is 0 Å². The summed E-state index contributed by atoms with van der Waals surface area (Å²) >= 11 is 0. The number of nitrogens with zero attached hydrogens (tertiary/aromatic N) is 1. The number of para-hydroxylation sites is 1. The van der Waals surface area contributed by atoms with E-state index in [1.165, 1.54) is 0 Å². The van der Waals surface area contributed by atoms with Gasteiger partial charge in [0.15, 0.2) is 11.2 Å². The number of Topliss-reactive ketones (excluding diaryl/α,β-unsaturated/α-hetero) is 1. The van der Waals surface area contributed by atoms with Crippen LogP contribution < -0.4 is 4.74 Å². The molecule has 2 fully saturated rings. The molecule has 0 N–H and O–H groups in total. The fourth-order valence-electron chi connectivity index (χ4n) is 5.81. The molecule has 6 rings (SSSR count). The van der Waals surface area contributed by atoms with Gasteiger partial charge in [-0.3, -0.25) is 14.4 Å². The Morgan fingerprint density at radius 2 is 1.72 bits per heavy atom. The highest BCUT2D eigenvalue weighted by Gasteiger charge is 2.91. The number of fused-ring (bicyclic) bond motifs is 6. The quantitative estimate of drug-likeness (QED) is 0.424. The van der Waals surface area contributed by atoms with Crippen LogP contribution in [-0.2, 0) is 20.7 Å². The molecule has 29 heavy (non-hydrogen) atoms. The zero-order valence-corrected chi connectivity index (χ0v) is 15.7. The van der Waals surface area contributed by atoms with E-state index in [9.17, 15) is 14.4 Å². The van der Waals surface area contributed by atoms with Gasteiger partial charge < -0.3 is 14.4 Å². The Labute approximate surface area is 167 Å². The predicted molar refractivity (Wildman–Crippen MR) is 102 cm³/mol. The maximum atomic E-state index is 13.8. The van der Waals surface area contributed by atoms with Gasteiger partial charge in [-0.2, -0.15) is 0 Å². The largest absolute Gasteiger partial charge is 0.425 e. The molecule has 1 saturated heterocycles. The van der Waals surface area contributed by atoms with Gasteiger partial charge in [0, 0.05) is 30.1 Å². The van der Waals surface area contributed by atoms with Crippen LogP contribution in [0.4, 0.5) is 0 Å². The van der Waals surface area contributed by atoms with E-state index in [1.807, 2.05) is 30.3 Å². The number of esters is 1. The molecule has 2 heterocycles. The number of hydrogen-bond acceptors (Lipinski definition) is 5. The summed E-state index contributed by atoms with van der Waals surface area (Å²) in [6.07, 6.45) is 0.381. The number of carbonyl (C=O) groups excluding carboxylic acids is 3. The van der Waals surface area contributed by atoms with Crippen molar-refractivity contribution in [1.82, 2.24) is 4.90 Å². The molecular weight excluding hydrogens is 370 g/mol. The molecule has 6 nitrogen and oxygen atoms in total. The molecule has 0 bridgehead atoms. The maximum absolute atomic E-state index is 13.8. The lowest BCUT2D eigenvalue weighted by atomic mass is 9.87. The Hall–Kier alpha value is -2.99. The molecule has 0 unspecified atom stereocenters. The number of carbonyl (C=O) groups is 3. The maximum Gasteiger partial charge on any atom is 0.328 e. The first-order valence-corrected chi connectivity index (χ1v) is 9.93. The van der Waals surface area contributed by atoms with Gasteiger partial charge in [0.1, 0.15) is 5.75 Å². The minimum atomic E-state index is -1.49. The molecule has 0 aromatic heterocycles. The third kappa shape index (κ3) is 1.83. The van der Waals surface area contributed by atoms with Crippen LogP contribution in [0.15, 0.2) is 48.5 Å². The number of ketones is 1. The van der Waals surface area contributed by atoms with E-state index >= 15 is 0 Å². The second-order valence-corrected chi connectivity index (χ2v) is 8.21. The summed E-state index contributed by atoms with van der Waals surface area (Å²) in [7, 11) is 0. The van der Waals surface area contributed by atoms with Crippen molar-refractivity contribution in [3.05, 3.63) is 65.2 Å². The smallest absolute Gasteiger partial charge is 0.328 e. The van der Waals surface area contributed by atoms with E-state index in [2.05, 4.69) is 0 Å². The third-order valence-electron chi connectivity index (χ3n) is 7.07. The minimum Gasteiger partial charge on any atom is -0.425 e. The van der Waals surface area contributed by atoms with Gasteiger partial charge in [-0.1, -0.05) is 42.5 Å². The number of benzene rings is 2. The summed E-state index contributed by atoms with van der Waals surface area (Å²) in [6, 6.07) is 14.7. The Morgan fingerprint density at radius 3 is 2.52 bits per heavy atom. The summed E-state index contributed by atoms with van der Waals surface area (Å²) < 4.78 is 11.0. The molecule has 2 aliphatic heterocycles. The van der Waals surface area contributed by atoms with Gasteiger partial charge in [-0.05, 0) is 18.1 Å². The zero-order chi connectivity index (χ0) is 19.8. The highest BCUT2D eigenvalue weighted by Crippen LogP contribution is 2.81. The van der Waals surface area contributed by atoms with Gasteiger partial charge in [0.25, 0.3) is 0 Å². The molecular formula is C23H19NO5. The molecule has 2 aliphatic carbocycles. The van der Waals surface area contributed by atoms with Crippen molar-refractivity contribution in [3.63, 3.8) is 0 Å². The molecule has 1 amide bonds. The van der Waals surface area contributed by atoms with E-state index in [1.54, 1.807) is 23.1 Å². The topological polar surface area (TPSA) is 72.9 Å². The Balaban J connectivity index is 1.56. The summed E-state index contributed by atoms with van der Waals surface area (Å²) in [6.45, 7) is 1.69. The molecule has 0 radical (unpaired) electrons. The van der Waals surface area contributed by atoms with Crippen molar-refractivity contribution in [2.75, 3.05) is 26.3 Å². The first kappa shape index (κ1) is 16.9. The summed E-state index contributed by atoms with van der Waals surface area (Å²) in [5.41, 5.74) is -0.313. The molecule has 4 aliphatic rings. The van der Waals surface area contributed by atoms with Crippen molar-refractivity contribution in [2.24, 2.45) is 10.8 Å². The fourth-order valence-corrected chi connectivity index (χ4v) is 5.81. The second kappa shape index (κ2) is 5.54. The Morgan fingerprint density at radius 1 is 1.00 bits per heavy atom. The normalized spacial score (nSPS) is 31.7. The average Bonchev–Trinajstić information content (AvgIpc) is 3.28. The van der Waals surface area contributed by atoms with Crippen molar-refractivity contribution in [1.29, 1.82) is 0 Å².